The molecular weight excluding hydrogens is 448 g/mol. The van der Waals surface area contributed by atoms with E-state index >= 15 is 0 Å². The predicted octanol–water partition coefficient (Wildman–Crippen LogP) is 3.54. The molecule has 4 bridgehead atoms. The van der Waals surface area contributed by atoms with Crippen LogP contribution in [0.1, 0.15) is 43.6 Å². The van der Waals surface area contributed by atoms with Crippen LogP contribution in [0.3, 0.4) is 0 Å². The highest BCUT2D eigenvalue weighted by Crippen LogP contribution is 2.62. The number of benzene rings is 1. The monoisotopic (exact) mass is 476 g/mol. The van der Waals surface area contributed by atoms with E-state index in [0.717, 1.165) is 35.7 Å². The zero-order valence-electron chi connectivity index (χ0n) is 17.0. The lowest BCUT2D eigenvalue weighted by Crippen LogP contribution is -2.64. The summed E-state index contributed by atoms with van der Waals surface area (Å²) >= 11 is 3.54. The zero-order chi connectivity index (χ0) is 21.0. The number of aliphatic hydroxyl groups is 1. The van der Waals surface area contributed by atoms with Crippen LogP contribution in [-0.2, 0) is 4.79 Å². The molecule has 4 saturated carbocycles. The van der Waals surface area contributed by atoms with Crippen molar-refractivity contribution in [1.82, 2.24) is 9.80 Å². The van der Waals surface area contributed by atoms with Gasteiger partial charge in [0, 0.05) is 30.7 Å². The third-order valence-corrected chi connectivity index (χ3v) is 8.69. The molecule has 2 N–H and O–H groups in total. The topological polar surface area (TPSA) is 81.1 Å². The van der Waals surface area contributed by atoms with Crippen molar-refractivity contribution in [1.29, 1.82) is 0 Å². The normalized spacial score (nSPS) is 36.1. The summed E-state index contributed by atoms with van der Waals surface area (Å²) in [7, 11) is 0. The Labute approximate surface area is 185 Å². The second-order valence-corrected chi connectivity index (χ2v) is 10.7. The number of amides is 2. The Morgan fingerprint density at radius 2 is 1.53 bits per heavy atom. The molecule has 1 unspecified atom stereocenters. The van der Waals surface area contributed by atoms with Gasteiger partial charge in [-0.15, -0.1) is 0 Å². The van der Waals surface area contributed by atoms with Gasteiger partial charge in [0.2, 0.25) is 5.91 Å². The van der Waals surface area contributed by atoms with Crippen LogP contribution < -0.4 is 0 Å². The van der Waals surface area contributed by atoms with Crippen LogP contribution in [0.4, 0.5) is 4.79 Å². The van der Waals surface area contributed by atoms with E-state index in [0.29, 0.717) is 38.0 Å². The molecule has 5 fully saturated rings. The van der Waals surface area contributed by atoms with Gasteiger partial charge in [0.25, 0.3) is 0 Å². The third-order valence-electron chi connectivity index (χ3n) is 8.20. The average molecular weight is 477 g/mol. The highest BCUT2D eigenvalue weighted by molar-refractivity contribution is 9.10. The molecule has 1 aromatic carbocycles. The van der Waals surface area contributed by atoms with Gasteiger partial charge in [0.1, 0.15) is 0 Å². The highest BCUT2D eigenvalue weighted by Gasteiger charge is 2.61. The van der Waals surface area contributed by atoms with Gasteiger partial charge in [-0.1, -0.05) is 28.1 Å². The van der Waals surface area contributed by atoms with Crippen LogP contribution in [0, 0.1) is 23.7 Å². The van der Waals surface area contributed by atoms with Crippen molar-refractivity contribution in [3.05, 3.63) is 34.3 Å². The number of halogens is 1. The molecule has 1 atom stereocenters. The molecule has 1 heterocycles. The summed E-state index contributed by atoms with van der Waals surface area (Å²) < 4.78 is 0.904. The van der Waals surface area contributed by atoms with Gasteiger partial charge < -0.3 is 20.0 Å². The number of carbonyl (C=O) groups is 2. The molecule has 6 rings (SSSR count). The lowest BCUT2D eigenvalue weighted by Gasteiger charge is -2.61. The van der Waals surface area contributed by atoms with Crippen LogP contribution in [0.15, 0.2) is 28.7 Å². The number of rotatable bonds is 3. The molecule has 1 saturated heterocycles. The van der Waals surface area contributed by atoms with Gasteiger partial charge >= 0.3 is 6.09 Å². The molecule has 1 aliphatic heterocycles. The summed E-state index contributed by atoms with van der Waals surface area (Å²) in [5.41, 5.74) is -0.153. The second kappa shape index (κ2) is 7.52. The number of nitrogens with zero attached hydrogens (tertiary/aromatic N) is 2. The highest BCUT2D eigenvalue weighted by atomic mass is 79.9. The molecule has 4 aliphatic carbocycles. The Balaban J connectivity index is 1.49. The van der Waals surface area contributed by atoms with Crippen LogP contribution >= 0.6 is 15.9 Å². The molecule has 1 aromatic rings. The quantitative estimate of drug-likeness (QED) is 0.698. The number of hydrogen-bond acceptors (Lipinski definition) is 3. The standard InChI is InChI=1S/C23H29BrN2O4/c24-19-3-1-2-16(13-19)20(21(27)25-4-6-26(7-5-25)22(28)29)23(30)17-9-14-8-15(11-17)12-18(23)10-14/h1-3,13-15,17-18,20,30H,4-12H2,(H,28,29). The first-order chi connectivity index (χ1) is 14.4. The molecule has 0 radical (unpaired) electrons. The van der Waals surface area contributed by atoms with E-state index in [9.17, 15) is 19.8 Å². The largest absolute Gasteiger partial charge is 0.465 e. The minimum Gasteiger partial charge on any atom is -0.465 e. The smallest absolute Gasteiger partial charge is 0.407 e. The molecule has 30 heavy (non-hydrogen) atoms. The van der Waals surface area contributed by atoms with Crippen LogP contribution in [0.2, 0.25) is 0 Å². The number of piperazine rings is 1. The van der Waals surface area contributed by atoms with E-state index in [4.69, 9.17) is 0 Å². The van der Waals surface area contributed by atoms with Gasteiger partial charge in [-0.05, 0) is 73.5 Å². The van der Waals surface area contributed by atoms with Gasteiger partial charge in [-0.25, -0.2) is 4.79 Å². The SMILES string of the molecule is O=C(O)N1CCN(C(=O)C(c2cccc(Br)c2)C2(O)C3CC4CC(C3)CC2C4)CC1. The zero-order valence-corrected chi connectivity index (χ0v) is 18.6. The van der Waals surface area contributed by atoms with Crippen molar-refractivity contribution in [3.8, 4) is 0 Å². The molecule has 0 spiro atoms. The second-order valence-electron chi connectivity index (χ2n) is 9.77. The summed E-state index contributed by atoms with van der Waals surface area (Å²) in [6, 6.07) is 7.81. The fourth-order valence-corrected chi connectivity index (χ4v) is 7.42. The number of hydrogen-bond donors (Lipinski definition) is 2. The summed E-state index contributed by atoms with van der Waals surface area (Å²) in [5, 5.41) is 21.5. The Kier molecular flexibility index (Phi) is 5.09. The fraction of sp³-hybridized carbons (Fsp3) is 0.652. The third kappa shape index (κ3) is 3.25. The van der Waals surface area contributed by atoms with E-state index in [1.54, 1.807) is 4.90 Å². The summed E-state index contributed by atoms with van der Waals surface area (Å²) in [6.45, 7) is 1.40. The van der Waals surface area contributed by atoms with Crippen molar-refractivity contribution in [2.24, 2.45) is 23.7 Å². The first-order valence-electron chi connectivity index (χ1n) is 11.1. The Morgan fingerprint density at radius 1 is 0.967 bits per heavy atom. The molecule has 5 aliphatic rings. The lowest BCUT2D eigenvalue weighted by molar-refractivity contribution is -0.193. The van der Waals surface area contributed by atoms with Crippen molar-refractivity contribution in [2.75, 3.05) is 26.2 Å². The van der Waals surface area contributed by atoms with Crippen LogP contribution in [0.25, 0.3) is 0 Å². The molecule has 7 heteroatoms. The Bertz CT molecular complexity index is 823. The molecule has 2 amide bonds. The van der Waals surface area contributed by atoms with E-state index < -0.39 is 17.6 Å². The first kappa shape index (κ1) is 20.3. The van der Waals surface area contributed by atoms with E-state index in [1.807, 2.05) is 24.3 Å². The first-order valence-corrected chi connectivity index (χ1v) is 11.9. The van der Waals surface area contributed by atoms with Crippen molar-refractivity contribution >= 4 is 27.9 Å². The molecule has 162 valence electrons. The maximum absolute atomic E-state index is 13.9. The maximum atomic E-state index is 13.9. The van der Waals surface area contributed by atoms with E-state index in [2.05, 4.69) is 15.9 Å². The molecular formula is C23H29BrN2O4. The van der Waals surface area contributed by atoms with Crippen LogP contribution in [-0.4, -0.2) is 63.8 Å². The summed E-state index contributed by atoms with van der Waals surface area (Å²) in [6.07, 6.45) is 4.44. The number of carboxylic acid groups (broad SMARTS) is 1. The van der Waals surface area contributed by atoms with Crippen molar-refractivity contribution in [3.63, 3.8) is 0 Å². The van der Waals surface area contributed by atoms with E-state index in [1.165, 1.54) is 11.3 Å². The van der Waals surface area contributed by atoms with Crippen molar-refractivity contribution < 1.29 is 19.8 Å². The average Bonchev–Trinajstić information content (AvgIpc) is 2.72. The van der Waals surface area contributed by atoms with Gasteiger partial charge in [-0.2, -0.15) is 0 Å². The summed E-state index contributed by atoms with van der Waals surface area (Å²) in [5.74, 6) is 1.09. The minimum absolute atomic E-state index is 0.0480. The number of carbonyl (C=O) groups excluding carboxylic acids is 1. The lowest BCUT2D eigenvalue weighted by atomic mass is 9.46. The fourth-order valence-electron chi connectivity index (χ4n) is 7.00. The Morgan fingerprint density at radius 3 is 2.07 bits per heavy atom. The minimum atomic E-state index is -1.02. The van der Waals surface area contributed by atoms with Crippen LogP contribution in [0.5, 0.6) is 0 Å². The molecule has 0 aromatic heterocycles. The van der Waals surface area contributed by atoms with Gasteiger partial charge in [-0.3, -0.25) is 4.79 Å². The Hall–Kier alpha value is -1.60. The van der Waals surface area contributed by atoms with Crippen molar-refractivity contribution in [2.45, 2.75) is 43.6 Å². The van der Waals surface area contributed by atoms with E-state index in [-0.39, 0.29) is 17.7 Å². The van der Waals surface area contributed by atoms with Gasteiger partial charge in [0.05, 0.1) is 11.5 Å². The van der Waals surface area contributed by atoms with Gasteiger partial charge in [0.15, 0.2) is 0 Å². The predicted molar refractivity (Wildman–Crippen MR) is 115 cm³/mol. The molecule has 6 nitrogen and oxygen atoms in total. The summed E-state index contributed by atoms with van der Waals surface area (Å²) in [4.78, 5) is 28.3. The maximum Gasteiger partial charge on any atom is 0.407 e.